The van der Waals surface area contributed by atoms with Crippen LogP contribution in [0.2, 0.25) is 0 Å². The zero-order valence-corrected chi connectivity index (χ0v) is 19.9. The van der Waals surface area contributed by atoms with Crippen molar-refractivity contribution in [3.63, 3.8) is 0 Å². The molecule has 1 amide bonds. The number of carbonyl (C=O) groups is 1. The van der Waals surface area contributed by atoms with E-state index in [9.17, 15) is 4.79 Å². The van der Waals surface area contributed by atoms with Crippen molar-refractivity contribution >= 4 is 22.6 Å². The maximum atomic E-state index is 13.3. The lowest BCUT2D eigenvalue weighted by Gasteiger charge is -2.25. The number of nitrogens with zero attached hydrogens (tertiary/aromatic N) is 4. The monoisotopic (exact) mass is 462 g/mol. The van der Waals surface area contributed by atoms with Gasteiger partial charge in [0, 0.05) is 45.1 Å². The molecule has 0 aliphatic carbocycles. The summed E-state index contributed by atoms with van der Waals surface area (Å²) in [7, 11) is 0. The van der Waals surface area contributed by atoms with Crippen molar-refractivity contribution < 1.29 is 9.53 Å². The lowest BCUT2D eigenvalue weighted by atomic mass is 10.1. The number of amides is 1. The molecule has 8 heteroatoms. The van der Waals surface area contributed by atoms with Gasteiger partial charge in [0.2, 0.25) is 0 Å². The summed E-state index contributed by atoms with van der Waals surface area (Å²) < 4.78 is 7.37. The molecule has 0 spiro atoms. The molecule has 34 heavy (non-hydrogen) atoms. The van der Waals surface area contributed by atoms with Crippen molar-refractivity contribution in [3.05, 3.63) is 53.3 Å². The van der Waals surface area contributed by atoms with E-state index in [4.69, 9.17) is 4.74 Å². The van der Waals surface area contributed by atoms with E-state index in [-0.39, 0.29) is 11.9 Å². The van der Waals surface area contributed by atoms with Crippen LogP contribution in [-0.2, 0) is 24.4 Å². The number of ether oxygens (including phenoxy) is 1. The Morgan fingerprint density at radius 3 is 2.74 bits per heavy atom. The molecular weight excluding hydrogens is 428 g/mol. The van der Waals surface area contributed by atoms with E-state index in [1.807, 2.05) is 17.8 Å². The Morgan fingerprint density at radius 2 is 1.94 bits per heavy atom. The third-order valence-electron chi connectivity index (χ3n) is 6.83. The van der Waals surface area contributed by atoms with E-state index in [1.54, 1.807) is 6.20 Å². The fourth-order valence-corrected chi connectivity index (χ4v) is 4.95. The number of fused-ring (bicyclic) bond motifs is 1. The second-order valence-electron chi connectivity index (χ2n) is 9.26. The Morgan fingerprint density at radius 1 is 1.15 bits per heavy atom. The summed E-state index contributed by atoms with van der Waals surface area (Å²) in [6.45, 7) is 8.04. The largest absolute Gasteiger partial charge is 0.381 e. The first-order chi connectivity index (χ1) is 16.7. The molecule has 0 saturated carbocycles. The predicted molar refractivity (Wildman–Crippen MR) is 133 cm³/mol. The van der Waals surface area contributed by atoms with Gasteiger partial charge in [-0.15, -0.1) is 0 Å². The van der Waals surface area contributed by atoms with Gasteiger partial charge in [0.05, 0.1) is 22.8 Å². The van der Waals surface area contributed by atoms with E-state index in [0.717, 1.165) is 61.4 Å². The van der Waals surface area contributed by atoms with E-state index < -0.39 is 0 Å². The van der Waals surface area contributed by atoms with Gasteiger partial charge >= 0.3 is 0 Å². The van der Waals surface area contributed by atoms with Crippen LogP contribution in [0.5, 0.6) is 0 Å². The summed E-state index contributed by atoms with van der Waals surface area (Å²) >= 11 is 0. The average molecular weight is 463 g/mol. The van der Waals surface area contributed by atoms with Crippen molar-refractivity contribution in [3.8, 4) is 0 Å². The van der Waals surface area contributed by atoms with Gasteiger partial charge in [-0.05, 0) is 56.8 Å². The fourth-order valence-electron chi connectivity index (χ4n) is 4.95. The van der Waals surface area contributed by atoms with Gasteiger partial charge in [-0.3, -0.25) is 9.69 Å². The van der Waals surface area contributed by atoms with Crippen LogP contribution < -0.4 is 10.6 Å². The highest BCUT2D eigenvalue weighted by Crippen LogP contribution is 2.28. The Kier molecular flexibility index (Phi) is 7.06. The highest BCUT2D eigenvalue weighted by atomic mass is 16.5. The summed E-state index contributed by atoms with van der Waals surface area (Å²) in [5.74, 6) is -0.127. The zero-order valence-electron chi connectivity index (χ0n) is 19.9. The highest BCUT2D eigenvalue weighted by Gasteiger charge is 2.22. The van der Waals surface area contributed by atoms with Gasteiger partial charge in [0.1, 0.15) is 0 Å². The molecule has 180 valence electrons. The van der Waals surface area contributed by atoms with Crippen LogP contribution >= 0.6 is 0 Å². The van der Waals surface area contributed by atoms with Gasteiger partial charge in [-0.1, -0.05) is 24.3 Å². The summed E-state index contributed by atoms with van der Waals surface area (Å²) in [6, 6.07) is 8.78. The van der Waals surface area contributed by atoms with Gasteiger partial charge in [-0.2, -0.15) is 5.10 Å². The Bertz CT molecular complexity index is 1130. The molecular formula is C26H34N6O2. The number of carbonyl (C=O) groups excluding carboxylic acids is 1. The first-order valence-corrected chi connectivity index (χ1v) is 12.5. The van der Waals surface area contributed by atoms with Crippen molar-refractivity contribution in [1.29, 1.82) is 0 Å². The molecule has 2 aromatic heterocycles. The van der Waals surface area contributed by atoms with Crippen molar-refractivity contribution in [2.75, 3.05) is 31.6 Å². The molecule has 0 atom stereocenters. The molecule has 3 aromatic rings. The Balaban J connectivity index is 1.33. The third kappa shape index (κ3) is 5.08. The third-order valence-corrected chi connectivity index (χ3v) is 6.83. The van der Waals surface area contributed by atoms with Crippen LogP contribution in [0.4, 0.5) is 5.69 Å². The Hall–Kier alpha value is -2.97. The number of rotatable bonds is 8. The van der Waals surface area contributed by atoms with Crippen LogP contribution in [0, 0.1) is 0 Å². The summed E-state index contributed by atoms with van der Waals surface area (Å²) in [5.41, 5.74) is 4.57. The molecule has 5 rings (SSSR count). The van der Waals surface area contributed by atoms with Crippen molar-refractivity contribution in [2.24, 2.45) is 0 Å². The second-order valence-corrected chi connectivity index (χ2v) is 9.26. The van der Waals surface area contributed by atoms with E-state index in [1.165, 1.54) is 31.5 Å². The molecule has 8 nitrogen and oxygen atoms in total. The summed E-state index contributed by atoms with van der Waals surface area (Å²) in [6.07, 6.45) is 7.89. The minimum absolute atomic E-state index is 0.127. The molecule has 1 aromatic carbocycles. The molecule has 2 aliphatic rings. The molecule has 4 heterocycles. The number of benzene rings is 1. The lowest BCUT2D eigenvalue weighted by molar-refractivity contribution is 0.0904. The normalized spacial score (nSPS) is 17.3. The number of anilines is 1. The Labute approximate surface area is 200 Å². The first kappa shape index (κ1) is 22.8. The van der Waals surface area contributed by atoms with Gasteiger partial charge < -0.3 is 15.4 Å². The SMILES string of the molecule is CCn1ncc2c(NC3CCOCC3)c(C(=O)NCc3cccc(CN4CCCC4)c3)cnc21. The van der Waals surface area contributed by atoms with E-state index in [2.05, 4.69) is 49.9 Å². The van der Waals surface area contributed by atoms with Crippen LogP contribution in [0.25, 0.3) is 11.0 Å². The predicted octanol–water partition coefficient (Wildman–Crippen LogP) is 3.57. The molecule has 2 fully saturated rings. The zero-order chi connectivity index (χ0) is 23.3. The quantitative estimate of drug-likeness (QED) is 0.533. The number of likely N-dealkylation sites (tertiary alicyclic amines) is 1. The highest BCUT2D eigenvalue weighted by molar-refractivity contribution is 6.06. The van der Waals surface area contributed by atoms with Gasteiger partial charge in [0.15, 0.2) is 5.65 Å². The van der Waals surface area contributed by atoms with Crippen LogP contribution in [0.15, 0.2) is 36.7 Å². The molecule has 0 bridgehead atoms. The molecule has 2 saturated heterocycles. The summed E-state index contributed by atoms with van der Waals surface area (Å²) in [4.78, 5) is 20.4. The number of aromatic nitrogens is 3. The van der Waals surface area contributed by atoms with Crippen molar-refractivity contribution in [1.82, 2.24) is 25.0 Å². The average Bonchev–Trinajstić information content (AvgIpc) is 3.53. The summed E-state index contributed by atoms with van der Waals surface area (Å²) in [5, 5.41) is 12.1. The van der Waals surface area contributed by atoms with Crippen LogP contribution in [0.3, 0.4) is 0 Å². The molecule has 0 radical (unpaired) electrons. The van der Waals surface area contributed by atoms with Crippen LogP contribution in [0.1, 0.15) is 54.1 Å². The first-order valence-electron chi connectivity index (χ1n) is 12.5. The number of nitrogens with one attached hydrogen (secondary N) is 2. The number of hydrogen-bond donors (Lipinski definition) is 2. The standard InChI is InChI=1S/C26H34N6O2/c1-2-32-25-22(17-29-32)24(30-21-8-12-34-13-9-21)23(16-27-25)26(33)28-15-19-6-5-7-20(14-19)18-31-10-3-4-11-31/h5-7,14,16-17,21H,2-4,8-13,15,18H2,1H3,(H,27,30)(H,28,33). The number of aryl methyl sites for hydroxylation is 1. The molecule has 0 unspecified atom stereocenters. The molecule has 2 N–H and O–H groups in total. The van der Waals surface area contributed by atoms with Gasteiger partial charge in [-0.25, -0.2) is 9.67 Å². The van der Waals surface area contributed by atoms with E-state index in [0.29, 0.717) is 12.1 Å². The van der Waals surface area contributed by atoms with Crippen molar-refractivity contribution in [2.45, 2.75) is 58.3 Å². The van der Waals surface area contributed by atoms with E-state index >= 15 is 0 Å². The van der Waals surface area contributed by atoms with Crippen LogP contribution in [-0.4, -0.2) is 57.9 Å². The van der Waals surface area contributed by atoms with Gasteiger partial charge in [0.25, 0.3) is 5.91 Å². The second kappa shape index (κ2) is 10.5. The maximum absolute atomic E-state index is 13.3. The number of pyridine rings is 1. The molecule has 2 aliphatic heterocycles. The lowest BCUT2D eigenvalue weighted by Crippen LogP contribution is -2.30. The minimum atomic E-state index is -0.127. The minimum Gasteiger partial charge on any atom is -0.381 e. The topological polar surface area (TPSA) is 84.3 Å². The fraction of sp³-hybridized carbons (Fsp3) is 0.500. The maximum Gasteiger partial charge on any atom is 0.255 e. The number of hydrogen-bond acceptors (Lipinski definition) is 6. The smallest absolute Gasteiger partial charge is 0.255 e.